The minimum absolute atomic E-state index is 0.0852. The van der Waals surface area contributed by atoms with Crippen molar-refractivity contribution in [3.8, 4) is 11.8 Å². The first-order chi connectivity index (χ1) is 8.18. The Morgan fingerprint density at radius 2 is 1.76 bits per heavy atom. The molecule has 0 saturated carbocycles. The predicted molar refractivity (Wildman–Crippen MR) is 64.0 cm³/mol. The van der Waals surface area contributed by atoms with Gasteiger partial charge in [0.2, 0.25) is 11.8 Å². The molecule has 4 nitrogen and oxygen atoms in total. The number of amides is 2. The third-order valence-corrected chi connectivity index (χ3v) is 3.29. The largest absolute Gasteiger partial charge is 0.292 e. The molecule has 0 aliphatic carbocycles. The maximum Gasteiger partial charge on any atom is 0.230 e. The molecule has 0 aromatic rings. The molecule has 0 N–H and O–H groups in total. The van der Waals surface area contributed by atoms with Crippen molar-refractivity contribution in [3.05, 3.63) is 0 Å². The number of likely N-dealkylation sites (tertiary alicyclic amines) is 2. The van der Waals surface area contributed by atoms with E-state index < -0.39 is 0 Å². The highest BCUT2D eigenvalue weighted by molar-refractivity contribution is 6.02. The summed E-state index contributed by atoms with van der Waals surface area (Å²) >= 11 is 0. The first kappa shape index (κ1) is 12.1. The maximum absolute atomic E-state index is 11.5. The van der Waals surface area contributed by atoms with E-state index in [1.807, 2.05) is 6.92 Å². The quantitative estimate of drug-likeness (QED) is 0.519. The highest BCUT2D eigenvalue weighted by Gasteiger charge is 2.31. The second kappa shape index (κ2) is 5.33. The topological polar surface area (TPSA) is 40.6 Å². The van der Waals surface area contributed by atoms with Gasteiger partial charge >= 0.3 is 0 Å². The Labute approximate surface area is 102 Å². The summed E-state index contributed by atoms with van der Waals surface area (Å²) in [4.78, 5) is 26.5. The van der Waals surface area contributed by atoms with E-state index in [1.54, 1.807) is 0 Å². The molecule has 2 rings (SSSR count). The molecule has 2 amide bonds. The second-order valence-corrected chi connectivity index (χ2v) is 4.64. The van der Waals surface area contributed by atoms with Gasteiger partial charge in [-0.25, -0.2) is 0 Å². The Morgan fingerprint density at radius 1 is 1.18 bits per heavy atom. The van der Waals surface area contributed by atoms with Crippen molar-refractivity contribution >= 4 is 11.8 Å². The van der Waals surface area contributed by atoms with Crippen molar-refractivity contribution in [2.75, 3.05) is 19.6 Å². The number of hydrogen-bond donors (Lipinski definition) is 0. The Bertz CT molecular complexity index is 359. The molecule has 1 atom stereocenters. The molecular formula is C13H18N2O2. The molecule has 2 fully saturated rings. The molecule has 2 saturated heterocycles. The first-order valence-electron chi connectivity index (χ1n) is 6.24. The van der Waals surface area contributed by atoms with Gasteiger partial charge in [-0.05, 0) is 32.9 Å². The van der Waals surface area contributed by atoms with Crippen LogP contribution in [0.5, 0.6) is 0 Å². The molecule has 2 heterocycles. The average Bonchev–Trinajstić information content (AvgIpc) is 2.89. The van der Waals surface area contributed by atoms with Crippen molar-refractivity contribution in [1.82, 2.24) is 9.80 Å². The molecule has 0 bridgehead atoms. The molecule has 17 heavy (non-hydrogen) atoms. The highest BCUT2D eigenvalue weighted by Crippen LogP contribution is 2.14. The molecule has 0 spiro atoms. The summed E-state index contributed by atoms with van der Waals surface area (Å²) in [5, 5.41) is 0. The molecule has 92 valence electrons. The SMILES string of the molecule is C[C@H](C#CCN1CCCC1)N1C(=O)CCC1=O. The molecule has 0 unspecified atom stereocenters. The Kier molecular flexibility index (Phi) is 3.80. The Hall–Kier alpha value is -1.34. The zero-order valence-electron chi connectivity index (χ0n) is 10.2. The lowest BCUT2D eigenvalue weighted by Crippen LogP contribution is -2.36. The lowest BCUT2D eigenvalue weighted by atomic mass is 10.3. The van der Waals surface area contributed by atoms with E-state index in [2.05, 4.69) is 16.7 Å². The number of rotatable bonds is 2. The molecule has 0 radical (unpaired) electrons. The molecule has 2 aliphatic heterocycles. The van der Waals surface area contributed by atoms with Crippen LogP contribution in [-0.4, -0.2) is 47.3 Å². The Morgan fingerprint density at radius 3 is 2.35 bits per heavy atom. The smallest absolute Gasteiger partial charge is 0.230 e. The van der Waals surface area contributed by atoms with Crippen LogP contribution in [0.1, 0.15) is 32.6 Å². The normalized spacial score (nSPS) is 22.8. The van der Waals surface area contributed by atoms with E-state index in [9.17, 15) is 9.59 Å². The minimum Gasteiger partial charge on any atom is -0.292 e. The van der Waals surface area contributed by atoms with E-state index in [0.29, 0.717) is 12.8 Å². The van der Waals surface area contributed by atoms with Crippen LogP contribution in [0.15, 0.2) is 0 Å². The number of hydrogen-bond acceptors (Lipinski definition) is 3. The van der Waals surface area contributed by atoms with Gasteiger partial charge in [0.05, 0.1) is 12.6 Å². The van der Waals surface area contributed by atoms with E-state index in [4.69, 9.17) is 0 Å². The summed E-state index contributed by atoms with van der Waals surface area (Å²) in [7, 11) is 0. The third kappa shape index (κ3) is 2.86. The van der Waals surface area contributed by atoms with Crippen molar-refractivity contribution in [1.29, 1.82) is 0 Å². The predicted octanol–water partition coefficient (Wildman–Crippen LogP) is 0.623. The van der Waals surface area contributed by atoms with Crippen LogP contribution in [-0.2, 0) is 9.59 Å². The second-order valence-electron chi connectivity index (χ2n) is 4.64. The maximum atomic E-state index is 11.5. The summed E-state index contributed by atoms with van der Waals surface area (Å²) in [6, 6.07) is -0.278. The zero-order valence-corrected chi connectivity index (χ0v) is 10.2. The van der Waals surface area contributed by atoms with Crippen LogP contribution in [0.25, 0.3) is 0 Å². The van der Waals surface area contributed by atoms with Gasteiger partial charge < -0.3 is 0 Å². The summed E-state index contributed by atoms with van der Waals surface area (Å²) in [5.41, 5.74) is 0. The molecular weight excluding hydrogens is 216 g/mol. The highest BCUT2D eigenvalue weighted by atomic mass is 16.2. The lowest BCUT2D eigenvalue weighted by Gasteiger charge is -2.17. The molecule has 0 aromatic heterocycles. The fourth-order valence-corrected chi connectivity index (χ4v) is 2.34. The van der Waals surface area contributed by atoms with Crippen molar-refractivity contribution in [2.24, 2.45) is 0 Å². The van der Waals surface area contributed by atoms with Crippen molar-refractivity contribution in [3.63, 3.8) is 0 Å². The minimum atomic E-state index is -0.278. The van der Waals surface area contributed by atoms with Crippen LogP contribution >= 0.6 is 0 Å². The standard InChI is InChI=1S/C13H18N2O2/c1-11(15-12(16)6-7-13(15)17)5-4-10-14-8-2-3-9-14/h11H,2-3,6-10H2,1H3/t11-/m1/s1. The molecule has 2 aliphatic rings. The lowest BCUT2D eigenvalue weighted by molar-refractivity contribution is -0.139. The van der Waals surface area contributed by atoms with Gasteiger partial charge in [0.15, 0.2) is 0 Å². The number of carbonyl (C=O) groups excluding carboxylic acids is 2. The van der Waals surface area contributed by atoms with Crippen LogP contribution < -0.4 is 0 Å². The van der Waals surface area contributed by atoms with Crippen molar-refractivity contribution < 1.29 is 9.59 Å². The first-order valence-corrected chi connectivity index (χ1v) is 6.24. The van der Waals surface area contributed by atoms with Gasteiger partial charge in [-0.1, -0.05) is 11.8 Å². The number of imide groups is 1. The zero-order chi connectivity index (χ0) is 12.3. The van der Waals surface area contributed by atoms with Gasteiger partial charge in [-0.3, -0.25) is 19.4 Å². The van der Waals surface area contributed by atoms with Crippen LogP contribution in [0.2, 0.25) is 0 Å². The van der Waals surface area contributed by atoms with E-state index in [-0.39, 0.29) is 17.9 Å². The van der Waals surface area contributed by atoms with Gasteiger partial charge in [0.1, 0.15) is 0 Å². The monoisotopic (exact) mass is 234 g/mol. The van der Waals surface area contributed by atoms with Crippen LogP contribution in [0, 0.1) is 11.8 Å². The number of carbonyl (C=O) groups is 2. The third-order valence-electron chi connectivity index (χ3n) is 3.29. The van der Waals surface area contributed by atoms with Crippen LogP contribution in [0.4, 0.5) is 0 Å². The van der Waals surface area contributed by atoms with Gasteiger partial charge in [-0.2, -0.15) is 0 Å². The van der Waals surface area contributed by atoms with E-state index >= 15 is 0 Å². The molecule has 0 aromatic carbocycles. The van der Waals surface area contributed by atoms with E-state index in [0.717, 1.165) is 19.6 Å². The Balaban J connectivity index is 1.87. The average molecular weight is 234 g/mol. The van der Waals surface area contributed by atoms with Crippen LogP contribution in [0.3, 0.4) is 0 Å². The van der Waals surface area contributed by atoms with E-state index in [1.165, 1.54) is 17.7 Å². The van der Waals surface area contributed by atoms with Gasteiger partial charge in [0.25, 0.3) is 0 Å². The van der Waals surface area contributed by atoms with Crippen molar-refractivity contribution in [2.45, 2.75) is 38.6 Å². The summed E-state index contributed by atoms with van der Waals surface area (Å²) in [6.45, 7) is 4.80. The fourth-order valence-electron chi connectivity index (χ4n) is 2.34. The summed E-state index contributed by atoms with van der Waals surface area (Å²) < 4.78 is 0. The van der Waals surface area contributed by atoms with Gasteiger partial charge in [-0.15, -0.1) is 0 Å². The fraction of sp³-hybridized carbons (Fsp3) is 0.692. The summed E-state index contributed by atoms with van der Waals surface area (Å²) in [5.74, 6) is 5.91. The molecule has 4 heteroatoms. The summed E-state index contributed by atoms with van der Waals surface area (Å²) in [6.07, 6.45) is 3.19. The van der Waals surface area contributed by atoms with Gasteiger partial charge in [0, 0.05) is 12.8 Å². The number of nitrogens with zero attached hydrogens (tertiary/aromatic N) is 2.